The average Bonchev–Trinajstić information content (AvgIpc) is 2.73. The minimum absolute atomic E-state index is 0.0136. The summed E-state index contributed by atoms with van der Waals surface area (Å²) in [6.07, 6.45) is 3.25. The quantitative estimate of drug-likeness (QED) is 0.720. The molecule has 9 nitrogen and oxygen atoms in total. The molecule has 1 aromatic rings. The van der Waals surface area contributed by atoms with Crippen molar-refractivity contribution >= 4 is 17.8 Å². The lowest BCUT2D eigenvalue weighted by atomic mass is 9.72. The Morgan fingerprint density at radius 3 is 2.48 bits per heavy atom. The first-order valence-corrected chi connectivity index (χ1v) is 10.2. The number of aliphatic hydroxyl groups excluding tert-OH is 1. The molecule has 29 heavy (non-hydrogen) atoms. The van der Waals surface area contributed by atoms with E-state index >= 15 is 0 Å². The van der Waals surface area contributed by atoms with E-state index in [-0.39, 0.29) is 18.9 Å². The second-order valence-electron chi connectivity index (χ2n) is 8.30. The van der Waals surface area contributed by atoms with Crippen molar-refractivity contribution in [3.63, 3.8) is 0 Å². The van der Waals surface area contributed by atoms with Crippen LogP contribution in [0.2, 0.25) is 0 Å². The number of carboxylic acid groups (broad SMARTS) is 1. The number of likely N-dealkylation sites (tertiary alicyclic amines) is 1. The van der Waals surface area contributed by atoms with Gasteiger partial charge in [-0.15, -0.1) is 0 Å². The Labute approximate surface area is 170 Å². The van der Waals surface area contributed by atoms with Crippen molar-refractivity contribution in [2.24, 2.45) is 11.3 Å². The van der Waals surface area contributed by atoms with Gasteiger partial charge in [-0.1, -0.05) is 13.8 Å². The van der Waals surface area contributed by atoms with Crippen molar-refractivity contribution in [3.8, 4) is 0 Å². The third kappa shape index (κ3) is 4.67. The number of anilines is 1. The molecule has 0 saturated carbocycles. The Bertz CT molecular complexity index is 720. The maximum atomic E-state index is 13.0. The summed E-state index contributed by atoms with van der Waals surface area (Å²) in [6.45, 7) is 6.97. The molecule has 1 aromatic heterocycles. The van der Waals surface area contributed by atoms with Crippen LogP contribution in [0, 0.1) is 11.3 Å². The molecule has 0 unspecified atom stereocenters. The van der Waals surface area contributed by atoms with Gasteiger partial charge in [-0.25, -0.2) is 9.97 Å². The van der Waals surface area contributed by atoms with E-state index in [4.69, 9.17) is 4.74 Å². The number of hydrogen-bond donors (Lipinski definition) is 2. The van der Waals surface area contributed by atoms with Crippen molar-refractivity contribution < 1.29 is 24.5 Å². The summed E-state index contributed by atoms with van der Waals surface area (Å²) in [5.41, 5.74) is -1.02. The SMILES string of the molecule is CC(C)CC[C@@]1(C(=O)O)CN(C(=O)c2cnc(N3CCOCC3)nc2)CC[C@@H]1O. The summed E-state index contributed by atoms with van der Waals surface area (Å²) < 4.78 is 5.32. The molecule has 2 atom stereocenters. The van der Waals surface area contributed by atoms with Crippen molar-refractivity contribution in [2.45, 2.75) is 39.2 Å². The first-order chi connectivity index (χ1) is 13.8. The van der Waals surface area contributed by atoms with Crippen LogP contribution in [0.1, 0.15) is 43.5 Å². The van der Waals surface area contributed by atoms with Gasteiger partial charge in [-0.2, -0.15) is 0 Å². The van der Waals surface area contributed by atoms with E-state index in [1.54, 1.807) is 0 Å². The van der Waals surface area contributed by atoms with Gasteiger partial charge in [-0.3, -0.25) is 9.59 Å². The second-order valence-corrected chi connectivity index (χ2v) is 8.30. The maximum Gasteiger partial charge on any atom is 0.314 e. The normalized spacial score (nSPS) is 25.3. The molecule has 1 amide bonds. The number of rotatable bonds is 6. The number of ether oxygens (including phenoxy) is 1. The van der Waals surface area contributed by atoms with Gasteiger partial charge in [0.15, 0.2) is 0 Å². The highest BCUT2D eigenvalue weighted by atomic mass is 16.5. The molecule has 2 fully saturated rings. The highest BCUT2D eigenvalue weighted by Crippen LogP contribution is 2.37. The van der Waals surface area contributed by atoms with Gasteiger partial charge in [0, 0.05) is 38.6 Å². The van der Waals surface area contributed by atoms with Crippen LogP contribution in [-0.4, -0.2) is 82.5 Å². The molecule has 2 aliphatic rings. The fourth-order valence-corrected chi connectivity index (χ4v) is 3.90. The number of piperidine rings is 1. The molecular weight excluding hydrogens is 376 g/mol. The van der Waals surface area contributed by atoms with E-state index in [0.717, 1.165) is 0 Å². The first kappa shape index (κ1) is 21.4. The van der Waals surface area contributed by atoms with Gasteiger partial charge < -0.3 is 24.7 Å². The number of aliphatic hydroxyl groups is 1. The fraction of sp³-hybridized carbons (Fsp3) is 0.700. The van der Waals surface area contributed by atoms with E-state index in [1.165, 1.54) is 17.3 Å². The number of amides is 1. The van der Waals surface area contributed by atoms with E-state index < -0.39 is 17.5 Å². The van der Waals surface area contributed by atoms with Crippen LogP contribution in [0.25, 0.3) is 0 Å². The lowest BCUT2D eigenvalue weighted by Gasteiger charge is -2.43. The van der Waals surface area contributed by atoms with Crippen LogP contribution in [0.15, 0.2) is 12.4 Å². The summed E-state index contributed by atoms with van der Waals surface area (Å²) in [5, 5.41) is 20.4. The van der Waals surface area contributed by atoms with E-state index in [2.05, 4.69) is 9.97 Å². The molecule has 3 rings (SSSR count). The molecule has 3 heterocycles. The van der Waals surface area contributed by atoms with Crippen molar-refractivity contribution in [1.29, 1.82) is 0 Å². The molecule has 9 heteroatoms. The van der Waals surface area contributed by atoms with Crippen molar-refractivity contribution in [1.82, 2.24) is 14.9 Å². The van der Waals surface area contributed by atoms with Gasteiger partial charge in [0.1, 0.15) is 5.41 Å². The number of carbonyl (C=O) groups is 2. The van der Waals surface area contributed by atoms with Crippen LogP contribution in [0.4, 0.5) is 5.95 Å². The number of aromatic nitrogens is 2. The maximum absolute atomic E-state index is 13.0. The zero-order chi connectivity index (χ0) is 21.0. The zero-order valence-electron chi connectivity index (χ0n) is 17.1. The monoisotopic (exact) mass is 406 g/mol. The van der Waals surface area contributed by atoms with Crippen LogP contribution < -0.4 is 4.90 Å². The topological polar surface area (TPSA) is 116 Å². The summed E-state index contributed by atoms with van der Waals surface area (Å²) in [6, 6.07) is 0. The first-order valence-electron chi connectivity index (χ1n) is 10.2. The standard InChI is InChI=1S/C20H30N4O5/c1-14(2)3-5-20(18(27)28)13-24(6-4-16(20)25)17(26)15-11-21-19(22-12-15)23-7-9-29-10-8-23/h11-12,14,16,25H,3-10,13H2,1-2H3,(H,27,28)/t16-,20+/m0/s1. The summed E-state index contributed by atoms with van der Waals surface area (Å²) in [5.74, 6) is -0.496. The Hall–Kier alpha value is -2.26. The number of carbonyl (C=O) groups excluding carboxylic acids is 1. The van der Waals surface area contributed by atoms with Crippen LogP contribution >= 0.6 is 0 Å². The Balaban J connectivity index is 1.73. The predicted molar refractivity (Wildman–Crippen MR) is 106 cm³/mol. The number of carboxylic acids is 1. The zero-order valence-corrected chi connectivity index (χ0v) is 17.1. The average molecular weight is 406 g/mol. The third-order valence-corrected chi connectivity index (χ3v) is 5.84. The van der Waals surface area contributed by atoms with Gasteiger partial charge in [-0.05, 0) is 25.2 Å². The minimum atomic E-state index is -1.34. The Kier molecular flexibility index (Phi) is 6.69. The molecule has 0 aromatic carbocycles. The second kappa shape index (κ2) is 9.04. The number of nitrogens with zero attached hydrogens (tertiary/aromatic N) is 4. The van der Waals surface area contributed by atoms with Crippen LogP contribution in [-0.2, 0) is 9.53 Å². The number of hydrogen-bond acceptors (Lipinski definition) is 7. The van der Waals surface area contributed by atoms with Gasteiger partial charge >= 0.3 is 5.97 Å². The molecule has 2 aliphatic heterocycles. The van der Waals surface area contributed by atoms with Crippen molar-refractivity contribution in [2.75, 3.05) is 44.3 Å². The fourth-order valence-electron chi connectivity index (χ4n) is 3.90. The number of morpholine rings is 1. The summed E-state index contributed by atoms with van der Waals surface area (Å²) in [4.78, 5) is 37.2. The molecule has 0 bridgehead atoms. The Morgan fingerprint density at radius 1 is 1.24 bits per heavy atom. The van der Waals surface area contributed by atoms with Gasteiger partial charge in [0.2, 0.25) is 5.95 Å². The van der Waals surface area contributed by atoms with Crippen molar-refractivity contribution in [3.05, 3.63) is 18.0 Å². The molecule has 2 N–H and O–H groups in total. The molecule has 0 spiro atoms. The predicted octanol–water partition coefficient (Wildman–Crippen LogP) is 1.03. The van der Waals surface area contributed by atoms with E-state index in [0.29, 0.717) is 63.1 Å². The smallest absolute Gasteiger partial charge is 0.314 e. The van der Waals surface area contributed by atoms with Gasteiger partial charge in [0.25, 0.3) is 5.91 Å². The third-order valence-electron chi connectivity index (χ3n) is 5.84. The molecule has 2 saturated heterocycles. The lowest BCUT2D eigenvalue weighted by Crippen LogP contribution is -2.57. The Morgan fingerprint density at radius 2 is 1.90 bits per heavy atom. The van der Waals surface area contributed by atoms with Crippen LogP contribution in [0.3, 0.4) is 0 Å². The molecule has 0 aliphatic carbocycles. The van der Waals surface area contributed by atoms with Crippen LogP contribution in [0.5, 0.6) is 0 Å². The summed E-state index contributed by atoms with van der Waals surface area (Å²) in [7, 11) is 0. The van der Waals surface area contributed by atoms with E-state index in [9.17, 15) is 19.8 Å². The largest absolute Gasteiger partial charge is 0.481 e. The minimum Gasteiger partial charge on any atom is -0.481 e. The highest BCUT2D eigenvalue weighted by Gasteiger charge is 2.49. The summed E-state index contributed by atoms with van der Waals surface area (Å²) >= 11 is 0. The van der Waals surface area contributed by atoms with Gasteiger partial charge in [0.05, 0.1) is 24.9 Å². The highest BCUT2D eigenvalue weighted by molar-refractivity contribution is 5.94. The lowest BCUT2D eigenvalue weighted by molar-refractivity contribution is -0.163. The molecule has 160 valence electrons. The molecular formula is C20H30N4O5. The molecule has 0 radical (unpaired) electrons. The van der Waals surface area contributed by atoms with E-state index in [1.807, 2.05) is 18.7 Å². The number of aliphatic carboxylic acids is 1.